The Hall–Kier alpha value is -3.40. The minimum Gasteiger partial charge on any atom is -0.480 e. The van der Waals surface area contributed by atoms with E-state index in [0.29, 0.717) is 0 Å². The van der Waals surface area contributed by atoms with E-state index in [4.69, 9.17) is 15.3 Å². The smallest absolute Gasteiger partial charge is 0.322 e. The summed E-state index contributed by atoms with van der Waals surface area (Å²) in [5.74, 6) is -3.09. The van der Waals surface area contributed by atoms with E-state index in [0.717, 1.165) is 12.1 Å². The summed E-state index contributed by atoms with van der Waals surface area (Å²) in [6.45, 7) is 4.07. The van der Waals surface area contributed by atoms with Gasteiger partial charge in [0.25, 0.3) is 15.9 Å². The summed E-state index contributed by atoms with van der Waals surface area (Å²) >= 11 is 0. The SMILES string of the molecule is [2H]c1c([2H])c([2H])c(C(=O)NCC(=O)O)c(NS(=O)(=O)c2ccc(OC(=O)C(C)(C)C)cc2)c1[2H]. The summed E-state index contributed by atoms with van der Waals surface area (Å²) in [5.41, 5.74) is -2.32. The van der Waals surface area contributed by atoms with Crippen LogP contribution in [0.2, 0.25) is 0 Å². The molecule has 2 aromatic rings. The average Bonchev–Trinajstić information content (AvgIpc) is 2.74. The van der Waals surface area contributed by atoms with Crippen molar-refractivity contribution in [2.45, 2.75) is 25.7 Å². The Labute approximate surface area is 179 Å². The number of rotatable bonds is 7. The predicted octanol–water partition coefficient (Wildman–Crippen LogP) is 2.25. The monoisotopic (exact) mass is 438 g/mol. The number of para-hydroxylation sites is 1. The Morgan fingerprint density at radius 3 is 2.27 bits per heavy atom. The van der Waals surface area contributed by atoms with Gasteiger partial charge in [0.15, 0.2) is 0 Å². The highest BCUT2D eigenvalue weighted by Crippen LogP contribution is 2.23. The van der Waals surface area contributed by atoms with Crippen LogP contribution in [0.3, 0.4) is 0 Å². The largest absolute Gasteiger partial charge is 0.480 e. The van der Waals surface area contributed by atoms with Crippen LogP contribution in [0.5, 0.6) is 5.75 Å². The van der Waals surface area contributed by atoms with Crippen molar-refractivity contribution in [1.29, 1.82) is 0 Å². The van der Waals surface area contributed by atoms with Gasteiger partial charge in [-0.1, -0.05) is 12.1 Å². The molecule has 0 unspecified atom stereocenters. The quantitative estimate of drug-likeness (QED) is 0.445. The molecule has 0 atom stereocenters. The summed E-state index contributed by atoms with van der Waals surface area (Å²) in [6.07, 6.45) is 0. The number of carbonyl (C=O) groups is 3. The second-order valence-corrected chi connectivity index (χ2v) is 8.73. The maximum atomic E-state index is 12.9. The molecular weight excluding hydrogens is 412 g/mol. The van der Waals surface area contributed by atoms with Crippen molar-refractivity contribution in [3.05, 3.63) is 54.0 Å². The number of hydrogen-bond acceptors (Lipinski definition) is 6. The molecule has 0 bridgehead atoms. The van der Waals surface area contributed by atoms with Crippen molar-refractivity contribution in [2.24, 2.45) is 5.41 Å². The number of aliphatic carboxylic acids is 1. The van der Waals surface area contributed by atoms with Crippen LogP contribution in [0.1, 0.15) is 36.6 Å². The predicted molar refractivity (Wildman–Crippen MR) is 109 cm³/mol. The van der Waals surface area contributed by atoms with Crippen LogP contribution in [0, 0.1) is 5.41 Å². The third-order valence-electron chi connectivity index (χ3n) is 3.51. The summed E-state index contributed by atoms with van der Waals surface area (Å²) < 4.78 is 64.5. The molecule has 0 fully saturated rings. The van der Waals surface area contributed by atoms with Crippen molar-refractivity contribution in [3.63, 3.8) is 0 Å². The summed E-state index contributed by atoms with van der Waals surface area (Å²) in [6, 6.07) is 1.33. The maximum Gasteiger partial charge on any atom is 0.322 e. The molecule has 0 saturated heterocycles. The highest BCUT2D eigenvalue weighted by atomic mass is 32.2. The number of hydrogen-bond donors (Lipinski definition) is 3. The number of carboxylic acids is 1. The molecule has 0 aliphatic carbocycles. The minimum atomic E-state index is -4.48. The van der Waals surface area contributed by atoms with E-state index in [2.05, 4.69) is 0 Å². The van der Waals surface area contributed by atoms with E-state index >= 15 is 0 Å². The molecule has 0 aliphatic heterocycles. The number of benzene rings is 2. The molecule has 0 spiro atoms. The lowest BCUT2D eigenvalue weighted by molar-refractivity contribution is -0.143. The zero-order valence-electron chi connectivity index (χ0n) is 20.3. The van der Waals surface area contributed by atoms with E-state index in [1.165, 1.54) is 12.1 Å². The second kappa shape index (κ2) is 8.95. The number of carboxylic acid groups (broad SMARTS) is 1. The van der Waals surface area contributed by atoms with Gasteiger partial charge in [0.05, 0.1) is 27.0 Å². The summed E-state index contributed by atoms with van der Waals surface area (Å²) in [5, 5.41) is 10.7. The lowest BCUT2D eigenvalue weighted by atomic mass is 9.97. The molecule has 160 valence electrons. The number of anilines is 1. The highest BCUT2D eigenvalue weighted by molar-refractivity contribution is 7.92. The molecule has 0 aromatic heterocycles. The van der Waals surface area contributed by atoms with Crippen LogP contribution in [0.4, 0.5) is 5.69 Å². The number of amides is 1. The molecule has 0 heterocycles. The van der Waals surface area contributed by atoms with Crippen LogP contribution < -0.4 is 14.8 Å². The maximum absolute atomic E-state index is 12.9. The fourth-order valence-corrected chi connectivity index (χ4v) is 2.98. The van der Waals surface area contributed by atoms with Crippen molar-refractivity contribution in [1.82, 2.24) is 5.32 Å². The molecular formula is C20H22N2O7S. The molecule has 1 amide bonds. The van der Waals surface area contributed by atoms with Gasteiger partial charge in [0, 0.05) is 0 Å². The molecule has 0 saturated carbocycles. The molecule has 3 N–H and O–H groups in total. The Morgan fingerprint density at radius 1 is 1.10 bits per heavy atom. The van der Waals surface area contributed by atoms with Crippen LogP contribution >= 0.6 is 0 Å². The Morgan fingerprint density at radius 2 is 1.70 bits per heavy atom. The van der Waals surface area contributed by atoms with Gasteiger partial charge in [-0.15, -0.1) is 0 Å². The van der Waals surface area contributed by atoms with Crippen molar-refractivity contribution >= 4 is 33.6 Å². The van der Waals surface area contributed by atoms with E-state index < -0.39 is 75.2 Å². The van der Waals surface area contributed by atoms with Crippen LogP contribution in [0.15, 0.2) is 53.3 Å². The first-order valence-electron chi connectivity index (χ1n) is 10.5. The lowest BCUT2D eigenvalue weighted by Gasteiger charge is -2.16. The second-order valence-electron chi connectivity index (χ2n) is 7.04. The van der Waals surface area contributed by atoms with Gasteiger partial charge in [-0.3, -0.25) is 19.1 Å². The van der Waals surface area contributed by atoms with E-state index in [1.54, 1.807) is 20.8 Å². The van der Waals surface area contributed by atoms with E-state index in [-0.39, 0.29) is 10.6 Å². The van der Waals surface area contributed by atoms with Gasteiger partial charge in [0.2, 0.25) is 0 Å². The molecule has 2 rings (SSSR count). The standard InChI is InChI=1S/C20H22N2O7S/c1-20(2,3)19(26)29-13-8-10-14(11-9-13)30(27,28)22-16-7-5-4-6-15(16)18(25)21-12-17(23)24/h4-11,22H,12H2,1-3H3,(H,21,25)(H,23,24)/i4D,5D,6D,7D. The first-order chi connectivity index (χ1) is 15.6. The van der Waals surface area contributed by atoms with Crippen LogP contribution in [0.25, 0.3) is 0 Å². The topological polar surface area (TPSA) is 139 Å². The lowest BCUT2D eigenvalue weighted by Crippen LogP contribution is -2.30. The Bertz CT molecular complexity index is 1260. The van der Waals surface area contributed by atoms with Crippen LogP contribution in [-0.4, -0.2) is 37.9 Å². The summed E-state index contributed by atoms with van der Waals surface area (Å²) in [4.78, 5) is 34.8. The molecule has 10 heteroatoms. The van der Waals surface area contributed by atoms with Gasteiger partial charge in [-0.25, -0.2) is 8.42 Å². The van der Waals surface area contributed by atoms with Gasteiger partial charge in [-0.2, -0.15) is 0 Å². The molecule has 2 aromatic carbocycles. The fourth-order valence-electron chi connectivity index (χ4n) is 1.94. The number of sulfonamides is 1. The van der Waals surface area contributed by atoms with E-state index in [9.17, 15) is 22.8 Å². The number of carbonyl (C=O) groups excluding carboxylic acids is 2. The molecule has 9 nitrogen and oxygen atoms in total. The van der Waals surface area contributed by atoms with Crippen molar-refractivity contribution < 1.29 is 38.1 Å². The third kappa shape index (κ3) is 6.05. The van der Waals surface area contributed by atoms with Crippen molar-refractivity contribution in [3.8, 4) is 5.75 Å². The van der Waals surface area contributed by atoms with Gasteiger partial charge >= 0.3 is 11.9 Å². The number of esters is 1. The first kappa shape index (κ1) is 17.5. The average molecular weight is 438 g/mol. The van der Waals surface area contributed by atoms with E-state index in [1.807, 2.05) is 10.0 Å². The van der Waals surface area contributed by atoms with Gasteiger partial charge in [-0.05, 0) is 57.1 Å². The van der Waals surface area contributed by atoms with Gasteiger partial charge < -0.3 is 15.2 Å². The van der Waals surface area contributed by atoms with Crippen LogP contribution in [-0.2, 0) is 19.6 Å². The Kier molecular flexibility index (Phi) is 5.21. The van der Waals surface area contributed by atoms with Crippen molar-refractivity contribution in [2.75, 3.05) is 11.3 Å². The fraction of sp³-hybridized carbons (Fsp3) is 0.250. The molecule has 0 aliphatic rings. The number of nitrogens with one attached hydrogen (secondary N) is 2. The zero-order valence-corrected chi connectivity index (χ0v) is 17.1. The Balaban J connectivity index is 2.46. The number of ether oxygens (including phenoxy) is 1. The highest BCUT2D eigenvalue weighted by Gasteiger charge is 2.24. The third-order valence-corrected chi connectivity index (χ3v) is 4.87. The molecule has 0 radical (unpaired) electrons. The zero-order chi connectivity index (χ0) is 26.0. The van der Waals surface area contributed by atoms with Gasteiger partial charge in [0.1, 0.15) is 12.3 Å². The molecule has 30 heavy (non-hydrogen) atoms. The normalized spacial score (nSPS) is 13.3. The first-order valence-corrected chi connectivity index (χ1v) is 10.00. The summed E-state index contributed by atoms with van der Waals surface area (Å²) in [7, 11) is -4.48. The minimum absolute atomic E-state index is 0.0780.